The van der Waals surface area contributed by atoms with Crippen LogP contribution in [0, 0.1) is 0 Å². The SMILES string of the molecule is CCCNC(=O)c1ccc(Nc2ccccc2C(=O)OC)nn1. The maximum absolute atomic E-state index is 11.8. The topological polar surface area (TPSA) is 93.2 Å². The fourth-order valence-corrected chi connectivity index (χ4v) is 1.87. The molecule has 7 nitrogen and oxygen atoms in total. The summed E-state index contributed by atoms with van der Waals surface area (Å²) in [6, 6.07) is 10.1. The Balaban J connectivity index is 2.13. The number of hydrogen-bond acceptors (Lipinski definition) is 6. The highest BCUT2D eigenvalue weighted by Gasteiger charge is 2.12. The number of hydrogen-bond donors (Lipinski definition) is 2. The fraction of sp³-hybridized carbons (Fsp3) is 0.250. The highest BCUT2D eigenvalue weighted by Crippen LogP contribution is 2.19. The summed E-state index contributed by atoms with van der Waals surface area (Å²) in [5, 5.41) is 13.6. The van der Waals surface area contributed by atoms with Crippen LogP contribution in [0.25, 0.3) is 0 Å². The van der Waals surface area contributed by atoms with E-state index in [9.17, 15) is 9.59 Å². The average Bonchev–Trinajstić information content (AvgIpc) is 2.60. The molecule has 1 amide bonds. The minimum absolute atomic E-state index is 0.241. The maximum atomic E-state index is 11.8. The molecule has 0 aliphatic carbocycles. The second-order valence-electron chi connectivity index (χ2n) is 4.72. The minimum atomic E-state index is -0.448. The molecule has 0 bridgehead atoms. The van der Waals surface area contributed by atoms with Crippen molar-refractivity contribution in [2.75, 3.05) is 19.0 Å². The second-order valence-corrected chi connectivity index (χ2v) is 4.72. The summed E-state index contributed by atoms with van der Waals surface area (Å²) in [4.78, 5) is 23.5. The standard InChI is InChI=1S/C16H18N4O3/c1-3-10-17-15(21)13-8-9-14(20-19-13)18-12-7-5-4-6-11(12)16(22)23-2/h4-9H,3,10H2,1-2H3,(H,17,21)(H,18,20). The van der Waals surface area contributed by atoms with Crippen LogP contribution in [0.3, 0.4) is 0 Å². The molecule has 0 spiro atoms. The van der Waals surface area contributed by atoms with E-state index in [0.717, 1.165) is 6.42 Å². The molecule has 23 heavy (non-hydrogen) atoms. The zero-order valence-electron chi connectivity index (χ0n) is 13.0. The number of carbonyl (C=O) groups is 2. The molecule has 1 heterocycles. The van der Waals surface area contributed by atoms with Gasteiger partial charge in [-0.1, -0.05) is 19.1 Å². The van der Waals surface area contributed by atoms with Gasteiger partial charge in [-0.15, -0.1) is 10.2 Å². The van der Waals surface area contributed by atoms with Gasteiger partial charge in [0.15, 0.2) is 11.5 Å². The molecule has 0 saturated carbocycles. The van der Waals surface area contributed by atoms with Gasteiger partial charge >= 0.3 is 5.97 Å². The van der Waals surface area contributed by atoms with Gasteiger partial charge in [-0.05, 0) is 30.7 Å². The van der Waals surface area contributed by atoms with E-state index in [4.69, 9.17) is 4.74 Å². The van der Waals surface area contributed by atoms with Crippen molar-refractivity contribution in [3.63, 3.8) is 0 Å². The van der Waals surface area contributed by atoms with Crippen molar-refractivity contribution in [2.45, 2.75) is 13.3 Å². The third-order valence-electron chi connectivity index (χ3n) is 3.03. The number of ether oxygens (including phenoxy) is 1. The molecule has 2 N–H and O–H groups in total. The molecule has 0 aliphatic heterocycles. The van der Waals surface area contributed by atoms with Gasteiger partial charge in [0.05, 0.1) is 18.4 Å². The Morgan fingerprint density at radius 2 is 1.91 bits per heavy atom. The largest absolute Gasteiger partial charge is 0.465 e. The lowest BCUT2D eigenvalue weighted by Gasteiger charge is -2.09. The Bertz CT molecular complexity index is 686. The highest BCUT2D eigenvalue weighted by atomic mass is 16.5. The molecule has 0 saturated heterocycles. The van der Waals surface area contributed by atoms with Crippen molar-refractivity contribution in [3.05, 3.63) is 47.7 Å². The first-order valence-corrected chi connectivity index (χ1v) is 7.22. The summed E-state index contributed by atoms with van der Waals surface area (Å²) in [7, 11) is 1.32. The van der Waals surface area contributed by atoms with Crippen LogP contribution in [0.1, 0.15) is 34.2 Å². The zero-order chi connectivity index (χ0) is 16.7. The van der Waals surface area contributed by atoms with E-state index >= 15 is 0 Å². The van der Waals surface area contributed by atoms with Gasteiger partial charge in [0.2, 0.25) is 0 Å². The summed E-state index contributed by atoms with van der Waals surface area (Å²) in [6.45, 7) is 2.56. The van der Waals surface area contributed by atoms with E-state index in [-0.39, 0.29) is 11.6 Å². The van der Waals surface area contributed by atoms with E-state index in [1.54, 1.807) is 36.4 Å². The first kappa shape index (κ1) is 16.4. The molecule has 120 valence electrons. The Morgan fingerprint density at radius 3 is 2.57 bits per heavy atom. The van der Waals surface area contributed by atoms with Crippen LogP contribution in [0.4, 0.5) is 11.5 Å². The quantitative estimate of drug-likeness (QED) is 0.794. The lowest BCUT2D eigenvalue weighted by atomic mass is 10.2. The molecule has 0 fully saturated rings. The van der Waals surface area contributed by atoms with Crippen LogP contribution in [0.15, 0.2) is 36.4 Å². The van der Waals surface area contributed by atoms with E-state index in [0.29, 0.717) is 23.6 Å². The summed E-state index contributed by atoms with van der Waals surface area (Å²) >= 11 is 0. The maximum Gasteiger partial charge on any atom is 0.339 e. The number of nitrogens with zero attached hydrogens (tertiary/aromatic N) is 2. The van der Waals surface area contributed by atoms with E-state index in [1.165, 1.54) is 7.11 Å². The monoisotopic (exact) mass is 314 g/mol. The number of nitrogens with one attached hydrogen (secondary N) is 2. The van der Waals surface area contributed by atoms with Crippen molar-refractivity contribution in [3.8, 4) is 0 Å². The van der Waals surface area contributed by atoms with Gasteiger partial charge in [0.25, 0.3) is 5.91 Å². The van der Waals surface area contributed by atoms with E-state index in [2.05, 4.69) is 20.8 Å². The van der Waals surface area contributed by atoms with Crippen LogP contribution in [0.5, 0.6) is 0 Å². The molecule has 0 unspecified atom stereocenters. The smallest absolute Gasteiger partial charge is 0.339 e. The number of aromatic nitrogens is 2. The third kappa shape index (κ3) is 4.26. The van der Waals surface area contributed by atoms with Crippen molar-refractivity contribution in [1.82, 2.24) is 15.5 Å². The summed E-state index contributed by atoms with van der Waals surface area (Å²) in [5.74, 6) is -0.286. The Labute approximate surface area is 134 Å². The Morgan fingerprint density at radius 1 is 1.13 bits per heavy atom. The number of anilines is 2. The lowest BCUT2D eigenvalue weighted by Crippen LogP contribution is -2.25. The number of carbonyl (C=O) groups excluding carboxylic acids is 2. The van der Waals surface area contributed by atoms with Crippen molar-refractivity contribution in [2.24, 2.45) is 0 Å². The first-order valence-electron chi connectivity index (χ1n) is 7.22. The molecule has 1 aromatic heterocycles. The molecule has 1 aromatic carbocycles. The van der Waals surface area contributed by atoms with E-state index < -0.39 is 5.97 Å². The number of benzene rings is 1. The predicted molar refractivity (Wildman–Crippen MR) is 85.7 cm³/mol. The van der Waals surface area contributed by atoms with Crippen molar-refractivity contribution in [1.29, 1.82) is 0 Å². The number of methoxy groups -OCH3 is 1. The Kier molecular flexibility index (Phi) is 5.62. The number of amides is 1. The minimum Gasteiger partial charge on any atom is -0.465 e. The van der Waals surface area contributed by atoms with Gasteiger partial charge in [-0.25, -0.2) is 4.79 Å². The molecule has 2 aromatic rings. The predicted octanol–water partition coefficient (Wildman–Crippen LogP) is 2.15. The fourth-order valence-electron chi connectivity index (χ4n) is 1.87. The number of para-hydroxylation sites is 1. The zero-order valence-corrected chi connectivity index (χ0v) is 13.0. The summed E-state index contributed by atoms with van der Waals surface area (Å²) in [6.07, 6.45) is 0.850. The summed E-state index contributed by atoms with van der Waals surface area (Å²) in [5.41, 5.74) is 1.18. The van der Waals surface area contributed by atoms with Gasteiger partial charge in [-0.3, -0.25) is 4.79 Å². The van der Waals surface area contributed by atoms with Crippen LogP contribution in [-0.4, -0.2) is 35.7 Å². The van der Waals surface area contributed by atoms with Gasteiger partial charge < -0.3 is 15.4 Å². The van der Waals surface area contributed by atoms with Gasteiger partial charge in [0.1, 0.15) is 0 Å². The second kappa shape index (κ2) is 7.88. The molecule has 0 aliphatic rings. The molecular weight excluding hydrogens is 296 g/mol. The van der Waals surface area contributed by atoms with Crippen LogP contribution >= 0.6 is 0 Å². The van der Waals surface area contributed by atoms with Crippen LogP contribution in [0.2, 0.25) is 0 Å². The molecule has 0 atom stereocenters. The van der Waals surface area contributed by atoms with Crippen LogP contribution < -0.4 is 10.6 Å². The number of esters is 1. The van der Waals surface area contributed by atoms with E-state index in [1.807, 2.05) is 6.92 Å². The normalized spacial score (nSPS) is 10.0. The van der Waals surface area contributed by atoms with Gasteiger partial charge in [-0.2, -0.15) is 0 Å². The first-order chi connectivity index (χ1) is 11.2. The van der Waals surface area contributed by atoms with Gasteiger partial charge in [0, 0.05) is 6.54 Å². The third-order valence-corrected chi connectivity index (χ3v) is 3.03. The summed E-state index contributed by atoms with van der Waals surface area (Å²) < 4.78 is 4.73. The average molecular weight is 314 g/mol. The number of rotatable bonds is 6. The molecule has 2 rings (SSSR count). The van der Waals surface area contributed by atoms with Crippen LogP contribution in [-0.2, 0) is 4.74 Å². The Hall–Kier alpha value is -2.96. The molecular formula is C16H18N4O3. The molecule has 0 radical (unpaired) electrons. The van der Waals surface area contributed by atoms with Crippen molar-refractivity contribution >= 4 is 23.4 Å². The van der Waals surface area contributed by atoms with Crippen molar-refractivity contribution < 1.29 is 14.3 Å². The highest BCUT2D eigenvalue weighted by molar-refractivity contribution is 5.96. The lowest BCUT2D eigenvalue weighted by molar-refractivity contribution is 0.0601. The molecule has 7 heteroatoms.